The number of rotatable bonds is 3. The molecule has 0 aromatic heterocycles. The highest BCUT2D eigenvalue weighted by Crippen LogP contribution is 2.43. The van der Waals surface area contributed by atoms with E-state index in [0.717, 1.165) is 37.6 Å². The molecule has 1 aliphatic rings. The minimum atomic E-state index is -4.46. The van der Waals surface area contributed by atoms with Crippen molar-refractivity contribution in [1.29, 1.82) is 0 Å². The van der Waals surface area contributed by atoms with Gasteiger partial charge in [0.2, 0.25) is 0 Å². The lowest BCUT2D eigenvalue weighted by Gasteiger charge is -2.31. The molecule has 1 atom stereocenters. The standard InChI is InChI=1S/C15H20F3NO2/c1-19-6-4-5-10(9-19)11-7-14(21-3)12(15(16,17)18)8-13(11)20-2/h7-8,10H,4-6,9H2,1-3H3/t10-/m0/s1. The predicted octanol–water partition coefficient (Wildman–Crippen LogP) is 3.53. The third kappa shape index (κ3) is 3.43. The van der Waals surface area contributed by atoms with Gasteiger partial charge in [0.1, 0.15) is 17.1 Å². The number of likely N-dealkylation sites (tertiary alicyclic amines) is 1. The van der Waals surface area contributed by atoms with E-state index in [0.29, 0.717) is 0 Å². The second-order valence-corrected chi connectivity index (χ2v) is 5.39. The van der Waals surface area contributed by atoms with Crippen molar-refractivity contribution in [3.63, 3.8) is 0 Å². The zero-order valence-corrected chi connectivity index (χ0v) is 12.5. The van der Waals surface area contributed by atoms with Gasteiger partial charge >= 0.3 is 6.18 Å². The molecule has 0 N–H and O–H groups in total. The summed E-state index contributed by atoms with van der Waals surface area (Å²) in [5.41, 5.74) is -0.0105. The van der Waals surface area contributed by atoms with E-state index < -0.39 is 11.7 Å². The van der Waals surface area contributed by atoms with Crippen LogP contribution in [-0.2, 0) is 6.18 Å². The van der Waals surface area contributed by atoms with Crippen LogP contribution in [0.25, 0.3) is 0 Å². The fraction of sp³-hybridized carbons (Fsp3) is 0.600. The number of ether oxygens (including phenoxy) is 2. The Bertz CT molecular complexity index is 502. The maximum atomic E-state index is 13.0. The van der Waals surface area contributed by atoms with Gasteiger partial charge in [-0.25, -0.2) is 0 Å². The summed E-state index contributed by atoms with van der Waals surface area (Å²) in [5.74, 6) is 0.296. The monoisotopic (exact) mass is 303 g/mol. The van der Waals surface area contributed by atoms with Crippen molar-refractivity contribution in [3.05, 3.63) is 23.3 Å². The molecule has 1 aliphatic heterocycles. The summed E-state index contributed by atoms with van der Waals surface area (Å²) < 4.78 is 49.3. The summed E-state index contributed by atoms with van der Waals surface area (Å²) in [6.45, 7) is 1.82. The summed E-state index contributed by atoms with van der Waals surface area (Å²) in [5, 5.41) is 0. The largest absolute Gasteiger partial charge is 0.496 e. The molecule has 1 heterocycles. The summed E-state index contributed by atoms with van der Waals surface area (Å²) >= 11 is 0. The summed E-state index contributed by atoms with van der Waals surface area (Å²) in [6.07, 6.45) is -2.50. The van der Waals surface area contributed by atoms with E-state index in [9.17, 15) is 13.2 Å². The SMILES string of the molecule is COc1cc(C(F)(F)F)c(OC)cc1[C@H]1CCCN(C)C1. The van der Waals surface area contributed by atoms with Crippen molar-refractivity contribution in [1.82, 2.24) is 4.90 Å². The molecule has 0 spiro atoms. The van der Waals surface area contributed by atoms with Crippen LogP contribution in [0.4, 0.5) is 13.2 Å². The Morgan fingerprint density at radius 3 is 2.33 bits per heavy atom. The molecule has 2 rings (SSSR count). The first-order valence-electron chi connectivity index (χ1n) is 6.88. The topological polar surface area (TPSA) is 21.7 Å². The lowest BCUT2D eigenvalue weighted by Crippen LogP contribution is -2.31. The highest BCUT2D eigenvalue weighted by atomic mass is 19.4. The van der Waals surface area contributed by atoms with Crippen molar-refractivity contribution < 1.29 is 22.6 Å². The first kappa shape index (κ1) is 15.9. The lowest BCUT2D eigenvalue weighted by atomic mass is 9.89. The third-order valence-electron chi connectivity index (χ3n) is 3.92. The molecule has 1 aromatic rings. The molecule has 0 saturated carbocycles. The zero-order chi connectivity index (χ0) is 15.6. The van der Waals surface area contributed by atoms with Crippen LogP contribution < -0.4 is 9.47 Å². The number of halogens is 3. The maximum Gasteiger partial charge on any atom is 0.420 e. The number of benzene rings is 1. The molecule has 0 amide bonds. The van der Waals surface area contributed by atoms with Crippen LogP contribution in [0.5, 0.6) is 11.5 Å². The summed E-state index contributed by atoms with van der Waals surface area (Å²) in [6, 6.07) is 2.52. The Labute approximate surface area is 122 Å². The second-order valence-electron chi connectivity index (χ2n) is 5.39. The van der Waals surface area contributed by atoms with E-state index in [1.807, 2.05) is 7.05 Å². The molecule has 6 heteroatoms. The number of methoxy groups -OCH3 is 2. The van der Waals surface area contributed by atoms with Crippen LogP contribution in [0.2, 0.25) is 0 Å². The van der Waals surface area contributed by atoms with E-state index >= 15 is 0 Å². The van der Waals surface area contributed by atoms with Crippen LogP contribution in [0.15, 0.2) is 12.1 Å². The Balaban J connectivity index is 2.46. The number of hydrogen-bond donors (Lipinski definition) is 0. The molecule has 1 fully saturated rings. The Morgan fingerprint density at radius 2 is 1.81 bits per heavy atom. The van der Waals surface area contributed by atoms with E-state index in [4.69, 9.17) is 9.47 Å². The van der Waals surface area contributed by atoms with Crippen molar-refractivity contribution in [2.45, 2.75) is 24.9 Å². The first-order valence-corrected chi connectivity index (χ1v) is 6.88. The molecular formula is C15H20F3NO2. The number of piperidine rings is 1. The van der Waals surface area contributed by atoms with Gasteiger partial charge in [0, 0.05) is 18.0 Å². The van der Waals surface area contributed by atoms with Gasteiger partial charge in [-0.1, -0.05) is 0 Å². The number of hydrogen-bond acceptors (Lipinski definition) is 3. The quantitative estimate of drug-likeness (QED) is 0.852. The third-order valence-corrected chi connectivity index (χ3v) is 3.92. The fourth-order valence-corrected chi connectivity index (χ4v) is 2.88. The average molecular weight is 303 g/mol. The van der Waals surface area contributed by atoms with Gasteiger partial charge in [0.25, 0.3) is 0 Å². The Morgan fingerprint density at radius 1 is 1.14 bits per heavy atom. The van der Waals surface area contributed by atoms with Crippen molar-refractivity contribution in [2.75, 3.05) is 34.4 Å². The predicted molar refractivity (Wildman–Crippen MR) is 74.0 cm³/mol. The molecule has 0 unspecified atom stereocenters. The van der Waals surface area contributed by atoms with Crippen molar-refractivity contribution in [3.8, 4) is 11.5 Å². The van der Waals surface area contributed by atoms with E-state index in [2.05, 4.69) is 4.90 Å². The lowest BCUT2D eigenvalue weighted by molar-refractivity contribution is -0.138. The normalized spacial score (nSPS) is 20.4. The van der Waals surface area contributed by atoms with Gasteiger partial charge in [-0.3, -0.25) is 0 Å². The minimum absolute atomic E-state index is 0.147. The van der Waals surface area contributed by atoms with Crippen LogP contribution in [-0.4, -0.2) is 39.3 Å². The summed E-state index contributed by atoms with van der Waals surface area (Å²) in [7, 11) is 4.67. The van der Waals surface area contributed by atoms with Crippen LogP contribution in [0.3, 0.4) is 0 Å². The van der Waals surface area contributed by atoms with Gasteiger partial charge in [-0.05, 0) is 38.6 Å². The minimum Gasteiger partial charge on any atom is -0.496 e. The Kier molecular flexibility index (Phi) is 4.66. The molecule has 1 aromatic carbocycles. The smallest absolute Gasteiger partial charge is 0.420 e. The number of alkyl halides is 3. The van der Waals surface area contributed by atoms with Gasteiger partial charge in [-0.15, -0.1) is 0 Å². The molecule has 3 nitrogen and oxygen atoms in total. The molecule has 118 valence electrons. The highest BCUT2D eigenvalue weighted by Gasteiger charge is 2.36. The first-order chi connectivity index (χ1) is 9.86. The van der Waals surface area contributed by atoms with Gasteiger partial charge in [0.05, 0.1) is 14.2 Å². The van der Waals surface area contributed by atoms with Crippen molar-refractivity contribution in [2.24, 2.45) is 0 Å². The Hall–Kier alpha value is -1.43. The maximum absolute atomic E-state index is 13.0. The van der Waals surface area contributed by atoms with E-state index in [-0.39, 0.29) is 17.4 Å². The average Bonchev–Trinajstić information content (AvgIpc) is 2.44. The van der Waals surface area contributed by atoms with E-state index in [1.165, 1.54) is 20.3 Å². The summed E-state index contributed by atoms with van der Waals surface area (Å²) in [4.78, 5) is 2.18. The molecular weight excluding hydrogens is 283 g/mol. The van der Waals surface area contributed by atoms with Crippen molar-refractivity contribution >= 4 is 0 Å². The molecule has 1 saturated heterocycles. The molecule has 21 heavy (non-hydrogen) atoms. The number of nitrogens with zero attached hydrogens (tertiary/aromatic N) is 1. The fourth-order valence-electron chi connectivity index (χ4n) is 2.88. The second kappa shape index (κ2) is 6.13. The highest BCUT2D eigenvalue weighted by molar-refractivity contribution is 5.49. The van der Waals surface area contributed by atoms with Crippen LogP contribution in [0.1, 0.15) is 29.9 Å². The molecule has 0 bridgehead atoms. The van der Waals surface area contributed by atoms with Crippen LogP contribution >= 0.6 is 0 Å². The molecule has 0 radical (unpaired) electrons. The van der Waals surface area contributed by atoms with Crippen LogP contribution in [0, 0.1) is 0 Å². The van der Waals surface area contributed by atoms with Gasteiger partial charge < -0.3 is 14.4 Å². The zero-order valence-electron chi connectivity index (χ0n) is 12.5. The number of likely N-dealkylation sites (N-methyl/N-ethyl adjacent to an activating group) is 1. The molecule has 0 aliphatic carbocycles. The van der Waals surface area contributed by atoms with E-state index in [1.54, 1.807) is 0 Å². The van der Waals surface area contributed by atoms with Gasteiger partial charge in [-0.2, -0.15) is 13.2 Å². The van der Waals surface area contributed by atoms with Gasteiger partial charge in [0.15, 0.2) is 0 Å².